The summed E-state index contributed by atoms with van der Waals surface area (Å²) >= 11 is 0. The van der Waals surface area contributed by atoms with Crippen LogP contribution in [0.4, 0.5) is 0 Å². The summed E-state index contributed by atoms with van der Waals surface area (Å²) in [7, 11) is 0. The molecular formula is C14H26N2. The normalized spacial score (nSPS) is 38.6. The monoisotopic (exact) mass is 222 g/mol. The van der Waals surface area contributed by atoms with Gasteiger partial charge in [0.1, 0.15) is 0 Å². The van der Waals surface area contributed by atoms with Gasteiger partial charge in [-0.3, -0.25) is 9.80 Å². The maximum atomic E-state index is 2.79. The Morgan fingerprint density at radius 1 is 1.25 bits per heavy atom. The summed E-state index contributed by atoms with van der Waals surface area (Å²) in [5.41, 5.74) is 0.731. The van der Waals surface area contributed by atoms with Crippen molar-refractivity contribution in [2.45, 2.75) is 58.0 Å². The lowest BCUT2D eigenvalue weighted by Crippen LogP contribution is -2.56. The van der Waals surface area contributed by atoms with Gasteiger partial charge in [-0.1, -0.05) is 6.92 Å². The van der Waals surface area contributed by atoms with Crippen LogP contribution in [0.25, 0.3) is 0 Å². The zero-order chi connectivity index (χ0) is 11.2. The molecule has 1 aliphatic carbocycles. The van der Waals surface area contributed by atoms with Crippen molar-refractivity contribution < 1.29 is 0 Å². The highest BCUT2D eigenvalue weighted by atomic mass is 15.3. The van der Waals surface area contributed by atoms with Crippen molar-refractivity contribution in [3.63, 3.8) is 0 Å². The molecule has 0 bridgehead atoms. The third-order valence-corrected chi connectivity index (χ3v) is 5.31. The zero-order valence-electron chi connectivity index (χ0n) is 10.9. The van der Waals surface area contributed by atoms with Gasteiger partial charge in [-0.2, -0.15) is 0 Å². The molecule has 0 spiro atoms. The summed E-state index contributed by atoms with van der Waals surface area (Å²) < 4.78 is 0. The Kier molecular flexibility index (Phi) is 2.75. The highest BCUT2D eigenvalue weighted by Crippen LogP contribution is 2.49. The smallest absolute Gasteiger partial charge is 0.0224 e. The van der Waals surface area contributed by atoms with Crippen molar-refractivity contribution in [1.29, 1.82) is 0 Å². The average molecular weight is 222 g/mol. The van der Waals surface area contributed by atoms with Gasteiger partial charge >= 0.3 is 0 Å². The number of rotatable bonds is 3. The third kappa shape index (κ3) is 1.91. The van der Waals surface area contributed by atoms with Crippen molar-refractivity contribution in [2.75, 3.05) is 26.2 Å². The minimum absolute atomic E-state index is 0.731. The van der Waals surface area contributed by atoms with Crippen LogP contribution in [-0.2, 0) is 0 Å². The molecule has 2 atom stereocenters. The minimum Gasteiger partial charge on any atom is -0.298 e. The van der Waals surface area contributed by atoms with Gasteiger partial charge in [0.15, 0.2) is 0 Å². The molecule has 2 nitrogen and oxygen atoms in total. The predicted octanol–water partition coefficient (Wildman–Crippen LogP) is 2.35. The van der Waals surface area contributed by atoms with E-state index in [9.17, 15) is 0 Å². The van der Waals surface area contributed by atoms with Crippen molar-refractivity contribution in [2.24, 2.45) is 5.41 Å². The van der Waals surface area contributed by atoms with Crippen LogP contribution < -0.4 is 0 Å². The van der Waals surface area contributed by atoms with Crippen LogP contribution in [0.5, 0.6) is 0 Å². The molecule has 0 radical (unpaired) electrons. The van der Waals surface area contributed by atoms with Gasteiger partial charge in [0, 0.05) is 31.7 Å². The Balaban J connectivity index is 1.62. The molecular weight excluding hydrogens is 196 g/mol. The van der Waals surface area contributed by atoms with Crippen LogP contribution in [0.2, 0.25) is 0 Å². The second kappa shape index (κ2) is 3.99. The first-order valence-electron chi connectivity index (χ1n) is 7.20. The number of nitrogens with zero attached hydrogens (tertiary/aromatic N) is 2. The maximum absolute atomic E-state index is 2.79. The molecule has 16 heavy (non-hydrogen) atoms. The highest BCUT2D eigenvalue weighted by molar-refractivity contribution is 4.98. The highest BCUT2D eigenvalue weighted by Gasteiger charge is 2.44. The van der Waals surface area contributed by atoms with E-state index in [0.717, 1.165) is 17.5 Å². The van der Waals surface area contributed by atoms with E-state index in [2.05, 4.69) is 23.6 Å². The van der Waals surface area contributed by atoms with E-state index in [0.29, 0.717) is 0 Å². The molecule has 0 aromatic carbocycles. The van der Waals surface area contributed by atoms with E-state index in [4.69, 9.17) is 0 Å². The quantitative estimate of drug-likeness (QED) is 0.723. The standard InChI is InChI=1S/C14H26N2/c1-3-14(6-7-14)11-16-10-13-5-4-8-15(13)9-12(16)2/h12-13H,3-11H2,1-2H3. The Labute approximate surface area is 100.0 Å². The lowest BCUT2D eigenvalue weighted by Gasteiger charge is -2.43. The molecule has 2 aliphatic heterocycles. The molecule has 2 heterocycles. The lowest BCUT2D eigenvalue weighted by atomic mass is 10.00. The Morgan fingerprint density at radius 2 is 2.06 bits per heavy atom. The van der Waals surface area contributed by atoms with Gasteiger partial charge < -0.3 is 0 Å². The van der Waals surface area contributed by atoms with Crippen molar-refractivity contribution >= 4 is 0 Å². The summed E-state index contributed by atoms with van der Waals surface area (Å²) in [4.78, 5) is 5.52. The number of piperazine rings is 1. The zero-order valence-corrected chi connectivity index (χ0v) is 10.9. The van der Waals surface area contributed by atoms with Crippen LogP contribution in [0.15, 0.2) is 0 Å². The van der Waals surface area contributed by atoms with Crippen LogP contribution >= 0.6 is 0 Å². The summed E-state index contributed by atoms with van der Waals surface area (Å²) in [5.74, 6) is 0. The topological polar surface area (TPSA) is 6.48 Å². The summed E-state index contributed by atoms with van der Waals surface area (Å²) in [5, 5.41) is 0. The van der Waals surface area contributed by atoms with Crippen molar-refractivity contribution in [1.82, 2.24) is 9.80 Å². The van der Waals surface area contributed by atoms with E-state index in [-0.39, 0.29) is 0 Å². The minimum atomic E-state index is 0.731. The number of fused-ring (bicyclic) bond motifs is 1. The molecule has 0 aromatic rings. The molecule has 0 aromatic heterocycles. The first kappa shape index (κ1) is 11.0. The van der Waals surface area contributed by atoms with Gasteiger partial charge in [-0.05, 0) is 51.0 Å². The van der Waals surface area contributed by atoms with Gasteiger partial charge in [-0.15, -0.1) is 0 Å². The van der Waals surface area contributed by atoms with Gasteiger partial charge in [0.05, 0.1) is 0 Å². The van der Waals surface area contributed by atoms with Gasteiger partial charge in [-0.25, -0.2) is 0 Å². The van der Waals surface area contributed by atoms with E-state index in [1.165, 1.54) is 58.3 Å². The summed E-state index contributed by atoms with van der Waals surface area (Å²) in [6.45, 7) is 10.2. The van der Waals surface area contributed by atoms with Crippen LogP contribution in [0.1, 0.15) is 46.0 Å². The summed E-state index contributed by atoms with van der Waals surface area (Å²) in [6.07, 6.45) is 7.25. The van der Waals surface area contributed by atoms with Crippen LogP contribution in [0.3, 0.4) is 0 Å². The first-order chi connectivity index (χ1) is 7.72. The van der Waals surface area contributed by atoms with E-state index >= 15 is 0 Å². The Morgan fingerprint density at radius 3 is 2.75 bits per heavy atom. The van der Waals surface area contributed by atoms with Crippen molar-refractivity contribution in [3.8, 4) is 0 Å². The molecule has 2 unspecified atom stereocenters. The maximum Gasteiger partial charge on any atom is 0.0224 e. The predicted molar refractivity (Wildman–Crippen MR) is 67.6 cm³/mol. The molecule has 92 valence electrons. The Hall–Kier alpha value is -0.0800. The third-order valence-electron chi connectivity index (χ3n) is 5.31. The second-order valence-electron chi connectivity index (χ2n) is 6.42. The molecule has 3 aliphatic rings. The molecule has 2 saturated heterocycles. The first-order valence-corrected chi connectivity index (χ1v) is 7.20. The van der Waals surface area contributed by atoms with E-state index < -0.39 is 0 Å². The van der Waals surface area contributed by atoms with E-state index in [1.807, 2.05) is 0 Å². The van der Waals surface area contributed by atoms with E-state index in [1.54, 1.807) is 0 Å². The van der Waals surface area contributed by atoms with Gasteiger partial charge in [0.2, 0.25) is 0 Å². The molecule has 3 rings (SSSR count). The fourth-order valence-electron chi connectivity index (χ4n) is 3.70. The fourth-order valence-corrected chi connectivity index (χ4v) is 3.70. The molecule has 0 amide bonds. The van der Waals surface area contributed by atoms with Crippen LogP contribution in [-0.4, -0.2) is 48.1 Å². The van der Waals surface area contributed by atoms with Gasteiger partial charge in [0.25, 0.3) is 0 Å². The molecule has 1 saturated carbocycles. The fraction of sp³-hybridized carbons (Fsp3) is 1.00. The van der Waals surface area contributed by atoms with Crippen molar-refractivity contribution in [3.05, 3.63) is 0 Å². The molecule has 3 fully saturated rings. The number of hydrogen-bond acceptors (Lipinski definition) is 2. The SMILES string of the molecule is CCC1(CN2CC3CCCN3CC2C)CC1. The summed E-state index contributed by atoms with van der Waals surface area (Å²) in [6, 6.07) is 1.68. The average Bonchev–Trinajstić information content (AvgIpc) is 2.91. The Bertz CT molecular complexity index is 259. The second-order valence-corrected chi connectivity index (χ2v) is 6.42. The lowest BCUT2D eigenvalue weighted by molar-refractivity contribution is 0.0440. The number of hydrogen-bond donors (Lipinski definition) is 0. The molecule has 2 heteroatoms. The molecule has 0 N–H and O–H groups in total. The van der Waals surface area contributed by atoms with Crippen LogP contribution in [0, 0.1) is 5.41 Å². The largest absolute Gasteiger partial charge is 0.298 e.